The Morgan fingerprint density at radius 2 is 2.07 bits per heavy atom. The van der Waals surface area contributed by atoms with E-state index in [2.05, 4.69) is 16.8 Å². The van der Waals surface area contributed by atoms with Crippen LogP contribution < -0.4 is 5.73 Å². The molecule has 2 N–H and O–H groups in total. The number of nitrogens with two attached hydrogens (primary N) is 1. The molecule has 0 saturated heterocycles. The molecule has 14 heavy (non-hydrogen) atoms. The van der Waals surface area contributed by atoms with Gasteiger partial charge in [-0.1, -0.05) is 17.9 Å². The molecule has 2 nitrogen and oxygen atoms in total. The number of hydrogen-bond acceptors (Lipinski definition) is 3. The summed E-state index contributed by atoms with van der Waals surface area (Å²) in [7, 11) is 1.78. The predicted octanol–water partition coefficient (Wildman–Crippen LogP) is 1.94. The fourth-order valence-electron chi connectivity index (χ4n) is 1.22. The van der Waals surface area contributed by atoms with Crippen molar-refractivity contribution < 1.29 is 0 Å². The van der Waals surface area contributed by atoms with Crippen molar-refractivity contribution in [3.05, 3.63) is 23.4 Å². The average molecular weight is 206 g/mol. The van der Waals surface area contributed by atoms with Crippen LogP contribution in [0.3, 0.4) is 0 Å². The lowest BCUT2D eigenvalue weighted by atomic mass is 10.1. The van der Waals surface area contributed by atoms with Crippen LogP contribution in [0, 0.1) is 11.8 Å². The zero-order chi connectivity index (χ0) is 10.4. The van der Waals surface area contributed by atoms with Crippen LogP contribution in [-0.4, -0.2) is 18.3 Å². The van der Waals surface area contributed by atoms with Gasteiger partial charge in [-0.25, -0.2) is 0 Å². The molecule has 0 unspecified atom stereocenters. The molecular weight excluding hydrogens is 192 g/mol. The zero-order valence-electron chi connectivity index (χ0n) is 8.50. The van der Waals surface area contributed by atoms with Crippen LogP contribution in [0.2, 0.25) is 0 Å². The second-order valence-electron chi connectivity index (χ2n) is 2.77. The lowest BCUT2D eigenvalue weighted by molar-refractivity contribution is 1.25. The van der Waals surface area contributed by atoms with Crippen LogP contribution in [-0.2, 0) is 0 Å². The third-order valence-electron chi connectivity index (χ3n) is 1.90. The minimum Gasteiger partial charge on any atom is -0.398 e. The minimum atomic E-state index is 0.731. The van der Waals surface area contributed by atoms with Crippen molar-refractivity contribution >= 4 is 16.8 Å². The highest BCUT2D eigenvalue weighted by atomic mass is 32.2. The summed E-state index contributed by atoms with van der Waals surface area (Å²) in [5, 5.41) is 0.974. The van der Waals surface area contributed by atoms with Crippen molar-refractivity contribution in [1.82, 2.24) is 0 Å². The summed E-state index contributed by atoms with van der Waals surface area (Å²) in [4.78, 5) is 4.20. The molecule has 1 aliphatic carbocycles. The van der Waals surface area contributed by atoms with Crippen molar-refractivity contribution in [3.63, 3.8) is 0 Å². The number of hydrogen-bond donors (Lipinski definition) is 1. The molecule has 0 aliphatic heterocycles. The molecular formula is C11H14N2S. The summed E-state index contributed by atoms with van der Waals surface area (Å²) >= 11 is 1.61. The van der Waals surface area contributed by atoms with Gasteiger partial charge in [0.25, 0.3) is 0 Å². The molecule has 0 fully saturated rings. The molecule has 0 radical (unpaired) electrons. The molecule has 0 spiro atoms. The smallest absolute Gasteiger partial charge is 0.0988 e. The van der Waals surface area contributed by atoms with Gasteiger partial charge in [0.15, 0.2) is 0 Å². The maximum Gasteiger partial charge on any atom is 0.0988 e. The summed E-state index contributed by atoms with van der Waals surface area (Å²) in [6.45, 7) is 0. The van der Waals surface area contributed by atoms with E-state index in [1.165, 1.54) is 0 Å². The van der Waals surface area contributed by atoms with E-state index in [-0.39, 0.29) is 0 Å². The maximum absolute atomic E-state index is 5.93. The Morgan fingerprint density at radius 1 is 1.43 bits per heavy atom. The molecule has 74 valence electrons. The Kier molecular flexibility index (Phi) is 4.34. The van der Waals surface area contributed by atoms with Crippen molar-refractivity contribution in [2.75, 3.05) is 13.3 Å². The molecule has 3 heteroatoms. The second kappa shape index (κ2) is 5.56. The van der Waals surface area contributed by atoms with Gasteiger partial charge in [0, 0.05) is 31.2 Å². The average Bonchev–Trinajstić information content (AvgIpc) is 2.18. The highest BCUT2D eigenvalue weighted by Gasteiger charge is 2.07. The van der Waals surface area contributed by atoms with Gasteiger partial charge >= 0.3 is 0 Å². The van der Waals surface area contributed by atoms with Crippen molar-refractivity contribution in [3.8, 4) is 11.8 Å². The molecule has 0 bridgehead atoms. The monoisotopic (exact) mass is 206 g/mol. The summed E-state index contributed by atoms with van der Waals surface area (Å²) in [6.07, 6.45) is 7.47. The van der Waals surface area contributed by atoms with Gasteiger partial charge in [-0.15, -0.1) is 11.8 Å². The van der Waals surface area contributed by atoms with Gasteiger partial charge in [0.1, 0.15) is 0 Å². The first-order valence-corrected chi connectivity index (χ1v) is 5.65. The normalized spacial score (nSPS) is 24.6. The van der Waals surface area contributed by atoms with Crippen LogP contribution in [0.1, 0.15) is 12.8 Å². The fraction of sp³-hybridized carbons (Fsp3) is 0.364. The molecule has 1 rings (SSSR count). The zero-order valence-corrected chi connectivity index (χ0v) is 9.32. The van der Waals surface area contributed by atoms with Crippen LogP contribution in [0.4, 0.5) is 0 Å². The molecule has 0 aromatic heterocycles. The first kappa shape index (κ1) is 10.9. The van der Waals surface area contributed by atoms with Gasteiger partial charge < -0.3 is 5.73 Å². The van der Waals surface area contributed by atoms with Crippen molar-refractivity contribution in [2.24, 2.45) is 10.7 Å². The van der Waals surface area contributed by atoms with Gasteiger partial charge in [-0.3, -0.25) is 4.99 Å². The Morgan fingerprint density at radius 3 is 2.64 bits per heavy atom. The highest BCUT2D eigenvalue weighted by molar-refractivity contribution is 8.13. The molecule has 1 aliphatic rings. The Bertz CT molecular complexity index is 353. The van der Waals surface area contributed by atoms with E-state index in [0.29, 0.717) is 0 Å². The van der Waals surface area contributed by atoms with E-state index in [1.807, 2.05) is 18.4 Å². The third-order valence-corrected chi connectivity index (χ3v) is 2.68. The largest absolute Gasteiger partial charge is 0.398 e. The van der Waals surface area contributed by atoms with Gasteiger partial charge in [-0.05, 0) is 12.3 Å². The van der Waals surface area contributed by atoms with Gasteiger partial charge in [-0.2, -0.15) is 0 Å². The third kappa shape index (κ3) is 2.68. The number of thioether (sulfide) groups is 1. The fourth-order valence-corrected chi connectivity index (χ4v) is 1.82. The Balaban J connectivity index is 3.01. The predicted molar refractivity (Wildman–Crippen MR) is 64.2 cm³/mol. The van der Waals surface area contributed by atoms with Crippen LogP contribution in [0.15, 0.2) is 28.4 Å². The van der Waals surface area contributed by atoms with E-state index in [9.17, 15) is 0 Å². The first-order valence-electron chi connectivity index (χ1n) is 4.42. The van der Waals surface area contributed by atoms with Gasteiger partial charge in [0.05, 0.1) is 5.04 Å². The molecule has 0 aromatic carbocycles. The van der Waals surface area contributed by atoms with E-state index >= 15 is 0 Å². The standard InChI is InChI=1S/C11H14N2S/c1-13-11(14-2)9-7-5-3-4-6-8-10(9)12/h7-8H,5-6,12H2,1-2H3/b9-7+,10-8+,13-11?. The summed E-state index contributed by atoms with van der Waals surface area (Å²) < 4.78 is 0. The van der Waals surface area contributed by atoms with Crippen molar-refractivity contribution in [1.29, 1.82) is 0 Å². The lowest BCUT2D eigenvalue weighted by Gasteiger charge is -2.09. The van der Waals surface area contributed by atoms with E-state index in [0.717, 1.165) is 29.2 Å². The quantitative estimate of drug-likeness (QED) is 0.404. The SMILES string of the molecule is CN=C(SC)C1=C/CC#CC/C=C\1N. The summed E-state index contributed by atoms with van der Waals surface area (Å²) in [5.41, 5.74) is 7.74. The topological polar surface area (TPSA) is 38.4 Å². The first-order chi connectivity index (χ1) is 6.79. The number of rotatable bonds is 1. The highest BCUT2D eigenvalue weighted by Crippen LogP contribution is 2.16. The van der Waals surface area contributed by atoms with Crippen LogP contribution in [0.5, 0.6) is 0 Å². The van der Waals surface area contributed by atoms with Gasteiger partial charge in [0.2, 0.25) is 0 Å². The van der Waals surface area contributed by atoms with E-state index < -0.39 is 0 Å². The number of nitrogens with zero attached hydrogens (tertiary/aromatic N) is 1. The molecule has 0 aromatic rings. The van der Waals surface area contributed by atoms with E-state index in [4.69, 9.17) is 5.73 Å². The van der Waals surface area contributed by atoms with Crippen LogP contribution in [0.25, 0.3) is 0 Å². The number of allylic oxidation sites excluding steroid dienone is 3. The molecule has 0 atom stereocenters. The Labute approximate surface area is 89.4 Å². The maximum atomic E-state index is 5.93. The van der Waals surface area contributed by atoms with Crippen LogP contribution >= 0.6 is 11.8 Å². The van der Waals surface area contributed by atoms with E-state index in [1.54, 1.807) is 18.8 Å². The lowest BCUT2D eigenvalue weighted by Crippen LogP contribution is -2.09. The van der Waals surface area contributed by atoms with Crippen molar-refractivity contribution in [2.45, 2.75) is 12.8 Å². The Hall–Kier alpha value is -1.14. The summed E-state index contributed by atoms with van der Waals surface area (Å²) in [6, 6.07) is 0. The summed E-state index contributed by atoms with van der Waals surface area (Å²) in [5.74, 6) is 6.07. The number of aliphatic imine (C=N–C) groups is 1. The molecule has 0 amide bonds. The molecule has 0 heterocycles. The minimum absolute atomic E-state index is 0.731. The molecule has 0 saturated carbocycles. The second-order valence-corrected chi connectivity index (χ2v) is 3.57.